The first-order chi connectivity index (χ1) is 12.0. The Labute approximate surface area is 149 Å². The summed E-state index contributed by atoms with van der Waals surface area (Å²) >= 11 is 0.977. The van der Waals surface area contributed by atoms with E-state index in [1.807, 2.05) is 0 Å². The third-order valence-electron chi connectivity index (χ3n) is 4.09. The minimum Gasteiger partial charge on any atom is -0.352 e. The highest BCUT2D eigenvalue weighted by atomic mass is 32.2. The first-order valence-corrected chi connectivity index (χ1v) is 9.15. The molecule has 0 unspecified atom stereocenters. The maximum absolute atomic E-state index is 12.1. The molecule has 1 aromatic carbocycles. The number of amides is 4. The molecule has 25 heavy (non-hydrogen) atoms. The van der Waals surface area contributed by atoms with Crippen LogP contribution in [0.25, 0.3) is 0 Å². The number of imide groups is 1. The topological polar surface area (TPSA) is 95.6 Å². The molecule has 0 aromatic heterocycles. The second-order valence-electron chi connectivity index (χ2n) is 6.04. The summed E-state index contributed by atoms with van der Waals surface area (Å²) in [5.74, 6) is -0.0445. The lowest BCUT2D eigenvalue weighted by molar-refractivity contribution is -0.124. The number of hydrogen-bond acceptors (Lipinski definition) is 5. The molecule has 1 aromatic rings. The van der Waals surface area contributed by atoms with Crippen molar-refractivity contribution >= 4 is 34.7 Å². The van der Waals surface area contributed by atoms with Crippen LogP contribution in [0.3, 0.4) is 0 Å². The SMILES string of the molecule is O=C(NCCN1C(=O)CSC1=O)c1ccc(CNC(=O)C2CC2)cc1. The van der Waals surface area contributed by atoms with E-state index in [1.54, 1.807) is 24.3 Å². The molecule has 8 heteroatoms. The lowest BCUT2D eigenvalue weighted by Crippen LogP contribution is -2.37. The molecule has 0 spiro atoms. The van der Waals surface area contributed by atoms with Crippen molar-refractivity contribution in [3.63, 3.8) is 0 Å². The highest BCUT2D eigenvalue weighted by molar-refractivity contribution is 8.14. The molecule has 2 fully saturated rings. The van der Waals surface area contributed by atoms with E-state index in [9.17, 15) is 19.2 Å². The minimum absolute atomic E-state index is 0.0889. The Hall–Kier alpha value is -2.35. The van der Waals surface area contributed by atoms with Gasteiger partial charge < -0.3 is 10.6 Å². The third-order valence-corrected chi connectivity index (χ3v) is 4.95. The number of thioether (sulfide) groups is 1. The van der Waals surface area contributed by atoms with Gasteiger partial charge in [0, 0.05) is 31.1 Å². The van der Waals surface area contributed by atoms with Gasteiger partial charge in [-0.1, -0.05) is 23.9 Å². The monoisotopic (exact) mass is 361 g/mol. The van der Waals surface area contributed by atoms with Crippen LogP contribution >= 0.6 is 11.8 Å². The highest BCUT2D eigenvalue weighted by Crippen LogP contribution is 2.28. The summed E-state index contributed by atoms with van der Waals surface area (Å²) in [6, 6.07) is 6.98. The van der Waals surface area contributed by atoms with Crippen LogP contribution in [0.2, 0.25) is 0 Å². The number of carbonyl (C=O) groups is 4. The normalized spacial score (nSPS) is 16.9. The van der Waals surface area contributed by atoms with Crippen molar-refractivity contribution < 1.29 is 19.2 Å². The van der Waals surface area contributed by atoms with E-state index in [4.69, 9.17) is 0 Å². The van der Waals surface area contributed by atoms with Crippen molar-refractivity contribution in [2.45, 2.75) is 19.4 Å². The molecule has 0 bridgehead atoms. The molecule has 2 aliphatic rings. The van der Waals surface area contributed by atoms with Gasteiger partial charge in [0.1, 0.15) is 0 Å². The van der Waals surface area contributed by atoms with E-state index in [2.05, 4.69) is 10.6 Å². The Morgan fingerprint density at radius 1 is 1.12 bits per heavy atom. The van der Waals surface area contributed by atoms with Gasteiger partial charge in [0.2, 0.25) is 11.8 Å². The fraction of sp³-hybridized carbons (Fsp3) is 0.412. The Balaban J connectivity index is 1.43. The number of hydrogen-bond donors (Lipinski definition) is 2. The second kappa shape index (κ2) is 7.69. The van der Waals surface area contributed by atoms with Gasteiger partial charge in [-0.3, -0.25) is 24.1 Å². The van der Waals surface area contributed by atoms with Crippen molar-refractivity contribution in [3.05, 3.63) is 35.4 Å². The van der Waals surface area contributed by atoms with Crippen LogP contribution in [0.15, 0.2) is 24.3 Å². The van der Waals surface area contributed by atoms with Gasteiger partial charge in [-0.25, -0.2) is 0 Å². The van der Waals surface area contributed by atoms with Crippen LogP contribution in [-0.4, -0.2) is 46.7 Å². The van der Waals surface area contributed by atoms with Crippen molar-refractivity contribution in [1.29, 1.82) is 0 Å². The molecule has 0 atom stereocenters. The van der Waals surface area contributed by atoms with Gasteiger partial charge in [-0.2, -0.15) is 0 Å². The van der Waals surface area contributed by atoms with Gasteiger partial charge >= 0.3 is 0 Å². The van der Waals surface area contributed by atoms with Crippen molar-refractivity contribution in [2.75, 3.05) is 18.8 Å². The number of nitrogens with zero attached hydrogens (tertiary/aromatic N) is 1. The van der Waals surface area contributed by atoms with Crippen LogP contribution < -0.4 is 10.6 Å². The van der Waals surface area contributed by atoms with Crippen molar-refractivity contribution in [3.8, 4) is 0 Å². The zero-order chi connectivity index (χ0) is 17.8. The summed E-state index contributed by atoms with van der Waals surface area (Å²) < 4.78 is 0. The zero-order valence-electron chi connectivity index (χ0n) is 13.6. The second-order valence-corrected chi connectivity index (χ2v) is 6.97. The summed E-state index contributed by atoms with van der Waals surface area (Å²) in [5.41, 5.74) is 1.42. The maximum atomic E-state index is 12.1. The number of nitrogens with one attached hydrogen (secondary N) is 2. The van der Waals surface area contributed by atoms with Crippen LogP contribution in [0.1, 0.15) is 28.8 Å². The molecule has 7 nitrogen and oxygen atoms in total. The summed E-state index contributed by atoms with van der Waals surface area (Å²) in [7, 11) is 0. The van der Waals surface area contributed by atoms with Gasteiger partial charge in [-0.05, 0) is 30.5 Å². The first-order valence-electron chi connectivity index (χ1n) is 8.16. The van der Waals surface area contributed by atoms with E-state index in [0.29, 0.717) is 12.1 Å². The summed E-state index contributed by atoms with van der Waals surface area (Å²) in [5, 5.41) is 5.30. The maximum Gasteiger partial charge on any atom is 0.288 e. The first kappa shape index (κ1) is 17.5. The van der Waals surface area contributed by atoms with Gasteiger partial charge in [0.25, 0.3) is 11.1 Å². The van der Waals surface area contributed by atoms with Crippen LogP contribution in [0.4, 0.5) is 4.79 Å². The summed E-state index contributed by atoms with van der Waals surface area (Å²) in [6.07, 6.45) is 1.94. The lowest BCUT2D eigenvalue weighted by Gasteiger charge is -2.13. The Morgan fingerprint density at radius 3 is 2.44 bits per heavy atom. The fourth-order valence-electron chi connectivity index (χ4n) is 2.43. The van der Waals surface area contributed by atoms with Gasteiger partial charge in [0.05, 0.1) is 5.75 Å². The average molecular weight is 361 g/mol. The van der Waals surface area contributed by atoms with E-state index in [-0.39, 0.29) is 47.7 Å². The van der Waals surface area contributed by atoms with Crippen LogP contribution in [0, 0.1) is 5.92 Å². The Bertz CT molecular complexity index is 684. The van der Waals surface area contributed by atoms with Gasteiger partial charge in [-0.15, -0.1) is 0 Å². The molecule has 0 radical (unpaired) electrons. The molecular formula is C17H19N3O4S. The quantitative estimate of drug-likeness (QED) is 0.759. The molecule has 4 amide bonds. The molecule has 1 saturated heterocycles. The zero-order valence-corrected chi connectivity index (χ0v) is 14.4. The standard InChI is InChI=1S/C17H19N3O4S/c21-14-10-25-17(24)20(14)8-7-18-15(22)12-3-1-11(2-4-12)9-19-16(23)13-5-6-13/h1-4,13H,5-10H2,(H,18,22)(H,19,23). The van der Waals surface area contributed by atoms with E-state index in [0.717, 1.165) is 35.1 Å². The molecule has 132 valence electrons. The van der Waals surface area contributed by atoms with Crippen LogP contribution in [0.5, 0.6) is 0 Å². The predicted molar refractivity (Wildman–Crippen MR) is 92.9 cm³/mol. The van der Waals surface area contributed by atoms with E-state index < -0.39 is 0 Å². The highest BCUT2D eigenvalue weighted by Gasteiger charge is 2.30. The number of rotatable bonds is 7. The lowest BCUT2D eigenvalue weighted by atomic mass is 10.1. The molecule has 1 saturated carbocycles. The number of benzene rings is 1. The van der Waals surface area contributed by atoms with Crippen molar-refractivity contribution in [1.82, 2.24) is 15.5 Å². The van der Waals surface area contributed by atoms with E-state index in [1.165, 1.54) is 0 Å². The summed E-state index contributed by atoms with van der Waals surface area (Å²) in [4.78, 5) is 47.7. The smallest absolute Gasteiger partial charge is 0.288 e. The largest absolute Gasteiger partial charge is 0.352 e. The molecule has 1 heterocycles. The summed E-state index contributed by atoms with van der Waals surface area (Å²) in [6.45, 7) is 0.853. The Kier molecular flexibility index (Phi) is 5.37. The van der Waals surface area contributed by atoms with Gasteiger partial charge in [0.15, 0.2) is 0 Å². The molecule has 1 aliphatic carbocycles. The average Bonchev–Trinajstić information content (AvgIpc) is 3.42. The third kappa shape index (κ3) is 4.60. The van der Waals surface area contributed by atoms with E-state index >= 15 is 0 Å². The molecule has 2 N–H and O–H groups in total. The number of carbonyl (C=O) groups excluding carboxylic acids is 4. The van der Waals surface area contributed by atoms with Crippen molar-refractivity contribution in [2.24, 2.45) is 5.92 Å². The minimum atomic E-state index is -0.267. The molecular weight excluding hydrogens is 342 g/mol. The molecule has 3 rings (SSSR count). The Morgan fingerprint density at radius 2 is 1.84 bits per heavy atom. The predicted octanol–water partition coefficient (Wildman–Crippen LogP) is 1.14. The van der Waals surface area contributed by atoms with Crippen LogP contribution in [-0.2, 0) is 16.1 Å². The fourth-order valence-corrected chi connectivity index (χ4v) is 3.19. The molecule has 1 aliphatic heterocycles.